The summed E-state index contributed by atoms with van der Waals surface area (Å²) in [7, 11) is 0. The van der Waals surface area contributed by atoms with Gasteiger partial charge >= 0.3 is 0 Å². The van der Waals surface area contributed by atoms with E-state index in [9.17, 15) is 4.79 Å². The molecule has 3 heteroatoms. The molecular weight excluding hydrogens is 206 g/mol. The minimum atomic E-state index is 0.0558. The lowest BCUT2D eigenvalue weighted by Crippen LogP contribution is -2.30. The lowest BCUT2D eigenvalue weighted by atomic mass is 9.93. The maximum atomic E-state index is 11.2. The van der Waals surface area contributed by atoms with Crippen LogP contribution in [-0.2, 0) is 4.79 Å². The van der Waals surface area contributed by atoms with E-state index in [0.29, 0.717) is 5.92 Å². The third kappa shape index (κ3) is 3.34. The van der Waals surface area contributed by atoms with Crippen LogP contribution in [0.4, 0.5) is 0 Å². The van der Waals surface area contributed by atoms with E-state index >= 15 is 0 Å². The van der Waals surface area contributed by atoms with Gasteiger partial charge in [0.15, 0.2) is 0 Å². The van der Waals surface area contributed by atoms with Crippen molar-refractivity contribution in [1.82, 2.24) is 5.32 Å². The molecule has 0 bridgehead atoms. The second-order valence-electron chi connectivity index (χ2n) is 3.77. The standard InChI is InChI=1S/C12H19NOS/c1-4-10(5-2)12(13-9(3)14)11-7-6-8-15-11/h6-8,10,12H,4-5H2,1-3H3,(H,13,14). The summed E-state index contributed by atoms with van der Waals surface area (Å²) in [5.74, 6) is 0.591. The van der Waals surface area contributed by atoms with E-state index in [-0.39, 0.29) is 11.9 Å². The Morgan fingerprint density at radius 1 is 1.47 bits per heavy atom. The van der Waals surface area contributed by atoms with Crippen molar-refractivity contribution in [3.63, 3.8) is 0 Å². The summed E-state index contributed by atoms with van der Waals surface area (Å²) < 4.78 is 0. The van der Waals surface area contributed by atoms with Crippen molar-refractivity contribution in [2.24, 2.45) is 5.92 Å². The normalized spacial score (nSPS) is 12.8. The molecule has 0 aliphatic heterocycles. The predicted octanol–water partition coefficient (Wildman–Crippen LogP) is 3.36. The van der Waals surface area contributed by atoms with Gasteiger partial charge in [-0.3, -0.25) is 4.79 Å². The molecule has 0 saturated heterocycles. The van der Waals surface area contributed by atoms with Gasteiger partial charge in [-0.05, 0) is 17.4 Å². The van der Waals surface area contributed by atoms with Crippen molar-refractivity contribution in [3.8, 4) is 0 Å². The molecular formula is C12H19NOS. The number of rotatable bonds is 5. The molecule has 1 amide bonds. The van der Waals surface area contributed by atoms with Gasteiger partial charge in [-0.2, -0.15) is 0 Å². The molecule has 0 aromatic carbocycles. The van der Waals surface area contributed by atoms with Gasteiger partial charge in [-0.1, -0.05) is 32.8 Å². The fourth-order valence-electron chi connectivity index (χ4n) is 1.87. The first-order valence-corrected chi connectivity index (χ1v) is 6.37. The Labute approximate surface area is 95.7 Å². The molecule has 1 aromatic heterocycles. The molecule has 1 aromatic rings. The maximum Gasteiger partial charge on any atom is 0.217 e. The van der Waals surface area contributed by atoms with Crippen molar-refractivity contribution < 1.29 is 4.79 Å². The average Bonchev–Trinajstić information content (AvgIpc) is 2.70. The van der Waals surface area contributed by atoms with Crippen LogP contribution >= 0.6 is 11.3 Å². The summed E-state index contributed by atoms with van der Waals surface area (Å²) in [5, 5.41) is 5.12. The summed E-state index contributed by atoms with van der Waals surface area (Å²) in [5.41, 5.74) is 0. The highest BCUT2D eigenvalue weighted by atomic mass is 32.1. The first-order chi connectivity index (χ1) is 7.19. The van der Waals surface area contributed by atoms with Gasteiger partial charge in [0.25, 0.3) is 0 Å². The van der Waals surface area contributed by atoms with Gasteiger partial charge in [-0.15, -0.1) is 11.3 Å². The molecule has 1 N–H and O–H groups in total. The van der Waals surface area contributed by atoms with E-state index in [1.54, 1.807) is 18.3 Å². The highest BCUT2D eigenvalue weighted by molar-refractivity contribution is 7.10. The maximum absolute atomic E-state index is 11.2. The van der Waals surface area contributed by atoms with Crippen LogP contribution in [-0.4, -0.2) is 5.91 Å². The van der Waals surface area contributed by atoms with E-state index in [1.165, 1.54) is 4.88 Å². The molecule has 0 spiro atoms. The van der Waals surface area contributed by atoms with Crippen molar-refractivity contribution in [2.45, 2.75) is 39.7 Å². The number of amides is 1. The third-order valence-corrected chi connectivity index (χ3v) is 3.68. The zero-order chi connectivity index (χ0) is 11.3. The molecule has 0 radical (unpaired) electrons. The third-order valence-electron chi connectivity index (χ3n) is 2.73. The van der Waals surface area contributed by atoms with Crippen LogP contribution in [0.15, 0.2) is 17.5 Å². The van der Waals surface area contributed by atoms with Gasteiger partial charge in [0.2, 0.25) is 5.91 Å². The Balaban J connectivity index is 2.82. The predicted molar refractivity (Wildman–Crippen MR) is 64.9 cm³/mol. The van der Waals surface area contributed by atoms with Gasteiger partial charge in [0, 0.05) is 11.8 Å². The van der Waals surface area contributed by atoms with Gasteiger partial charge in [0.1, 0.15) is 0 Å². The fourth-order valence-corrected chi connectivity index (χ4v) is 2.74. The number of carbonyl (C=O) groups is 1. The van der Waals surface area contributed by atoms with E-state index in [2.05, 4.69) is 30.6 Å². The molecule has 0 aliphatic carbocycles. The summed E-state index contributed by atoms with van der Waals surface area (Å²) >= 11 is 1.72. The molecule has 15 heavy (non-hydrogen) atoms. The van der Waals surface area contributed by atoms with Crippen LogP contribution in [0.2, 0.25) is 0 Å². The molecule has 0 saturated carbocycles. The van der Waals surface area contributed by atoms with Crippen LogP contribution in [0.3, 0.4) is 0 Å². The molecule has 0 aliphatic rings. The summed E-state index contributed by atoms with van der Waals surface area (Å²) in [4.78, 5) is 12.4. The molecule has 84 valence electrons. The van der Waals surface area contributed by atoms with Crippen LogP contribution < -0.4 is 5.32 Å². The van der Waals surface area contributed by atoms with Crippen LogP contribution in [0.5, 0.6) is 0 Å². The second-order valence-corrected chi connectivity index (χ2v) is 4.75. The second kappa shape index (κ2) is 5.91. The van der Waals surface area contributed by atoms with E-state index in [1.807, 2.05) is 6.07 Å². The SMILES string of the molecule is CCC(CC)C(NC(C)=O)c1cccs1. The summed E-state index contributed by atoms with van der Waals surface area (Å²) in [6.07, 6.45) is 2.19. The number of carbonyl (C=O) groups excluding carboxylic acids is 1. The number of thiophene rings is 1. The molecule has 1 atom stereocenters. The Morgan fingerprint density at radius 3 is 2.53 bits per heavy atom. The van der Waals surface area contributed by atoms with Crippen molar-refractivity contribution in [3.05, 3.63) is 22.4 Å². The molecule has 1 heterocycles. The number of hydrogen-bond acceptors (Lipinski definition) is 2. The van der Waals surface area contributed by atoms with Crippen molar-refractivity contribution in [1.29, 1.82) is 0 Å². The Morgan fingerprint density at radius 2 is 2.13 bits per heavy atom. The topological polar surface area (TPSA) is 29.1 Å². The Bertz CT molecular complexity index is 291. The van der Waals surface area contributed by atoms with Crippen molar-refractivity contribution >= 4 is 17.2 Å². The smallest absolute Gasteiger partial charge is 0.217 e. The molecule has 1 rings (SSSR count). The quantitative estimate of drug-likeness (QED) is 0.818. The monoisotopic (exact) mass is 225 g/mol. The number of hydrogen-bond donors (Lipinski definition) is 1. The Kier molecular flexibility index (Phi) is 4.82. The zero-order valence-corrected chi connectivity index (χ0v) is 10.4. The largest absolute Gasteiger partial charge is 0.348 e. The first-order valence-electron chi connectivity index (χ1n) is 5.49. The molecule has 1 unspecified atom stereocenters. The van der Waals surface area contributed by atoms with E-state index in [0.717, 1.165) is 12.8 Å². The van der Waals surface area contributed by atoms with Crippen LogP contribution in [0.25, 0.3) is 0 Å². The van der Waals surface area contributed by atoms with E-state index in [4.69, 9.17) is 0 Å². The summed E-state index contributed by atoms with van der Waals surface area (Å²) in [6, 6.07) is 4.33. The van der Waals surface area contributed by atoms with E-state index < -0.39 is 0 Å². The van der Waals surface area contributed by atoms with Gasteiger partial charge in [-0.25, -0.2) is 0 Å². The van der Waals surface area contributed by atoms with Gasteiger partial charge in [0.05, 0.1) is 6.04 Å². The van der Waals surface area contributed by atoms with Gasteiger partial charge < -0.3 is 5.32 Å². The van der Waals surface area contributed by atoms with Crippen molar-refractivity contribution in [2.75, 3.05) is 0 Å². The lowest BCUT2D eigenvalue weighted by molar-refractivity contribution is -0.120. The van der Waals surface area contributed by atoms with Crippen LogP contribution in [0.1, 0.15) is 44.5 Å². The Hall–Kier alpha value is -0.830. The minimum Gasteiger partial charge on any atom is -0.348 e. The molecule has 2 nitrogen and oxygen atoms in total. The molecule has 0 fully saturated rings. The average molecular weight is 225 g/mol. The lowest BCUT2D eigenvalue weighted by Gasteiger charge is -2.24. The summed E-state index contributed by atoms with van der Waals surface area (Å²) in [6.45, 7) is 5.94. The zero-order valence-electron chi connectivity index (χ0n) is 9.62. The van der Waals surface area contributed by atoms with Crippen LogP contribution in [0, 0.1) is 5.92 Å². The highest BCUT2D eigenvalue weighted by Crippen LogP contribution is 2.30. The highest BCUT2D eigenvalue weighted by Gasteiger charge is 2.21. The number of nitrogens with one attached hydrogen (secondary N) is 1. The minimum absolute atomic E-state index is 0.0558. The first kappa shape index (κ1) is 12.2. The fraction of sp³-hybridized carbons (Fsp3) is 0.583.